The van der Waals surface area contributed by atoms with Crippen molar-refractivity contribution in [3.63, 3.8) is 0 Å². The van der Waals surface area contributed by atoms with E-state index in [1.54, 1.807) is 13.8 Å². The predicted molar refractivity (Wildman–Crippen MR) is 127 cm³/mol. The Labute approximate surface area is 204 Å². The van der Waals surface area contributed by atoms with Crippen LogP contribution in [0.25, 0.3) is 11.1 Å². The molecule has 2 amide bonds. The number of carboxylic acid groups (broad SMARTS) is 1. The summed E-state index contributed by atoms with van der Waals surface area (Å²) in [6.07, 6.45) is -2.17. The molecule has 0 radical (unpaired) electrons. The van der Waals surface area contributed by atoms with Gasteiger partial charge in [-0.3, -0.25) is 4.79 Å². The lowest BCUT2D eigenvalue weighted by Gasteiger charge is -2.39. The van der Waals surface area contributed by atoms with E-state index >= 15 is 0 Å². The van der Waals surface area contributed by atoms with Crippen molar-refractivity contribution < 1.29 is 33.7 Å². The second-order valence-corrected chi connectivity index (χ2v) is 8.78. The Morgan fingerprint density at radius 2 is 1.71 bits per heavy atom. The molecule has 1 fully saturated rings. The summed E-state index contributed by atoms with van der Waals surface area (Å²) in [7, 11) is 1.42. The second kappa shape index (κ2) is 10.5. The highest BCUT2D eigenvalue weighted by molar-refractivity contribution is 5.90. The number of benzene rings is 2. The molecule has 9 heteroatoms. The van der Waals surface area contributed by atoms with Crippen molar-refractivity contribution in [2.24, 2.45) is 0 Å². The van der Waals surface area contributed by atoms with Crippen LogP contribution < -0.4 is 5.32 Å². The first-order valence-corrected chi connectivity index (χ1v) is 11.6. The van der Waals surface area contributed by atoms with Gasteiger partial charge in [-0.2, -0.15) is 0 Å². The number of carboxylic acids is 1. The number of fused-ring (bicyclic) bond motifs is 3. The minimum absolute atomic E-state index is 0.0917. The monoisotopic (exact) mass is 482 g/mol. The molecule has 4 rings (SSSR count). The van der Waals surface area contributed by atoms with Crippen LogP contribution in [0.4, 0.5) is 4.79 Å². The maximum atomic E-state index is 13.3. The lowest BCUT2D eigenvalue weighted by Crippen LogP contribution is -2.62. The molecule has 2 aromatic rings. The molecular formula is C26H30N2O7. The van der Waals surface area contributed by atoms with Gasteiger partial charge in [0, 0.05) is 19.6 Å². The summed E-state index contributed by atoms with van der Waals surface area (Å²) in [4.78, 5) is 39.2. The summed E-state index contributed by atoms with van der Waals surface area (Å²) >= 11 is 0. The average Bonchev–Trinajstić information content (AvgIpc) is 3.18. The second-order valence-electron chi connectivity index (χ2n) is 8.78. The fourth-order valence-corrected chi connectivity index (χ4v) is 4.86. The highest BCUT2D eigenvalue weighted by Crippen LogP contribution is 2.44. The average molecular weight is 483 g/mol. The first-order chi connectivity index (χ1) is 16.8. The zero-order valence-corrected chi connectivity index (χ0v) is 20.0. The first-order valence-electron chi connectivity index (χ1n) is 11.6. The molecule has 0 saturated carbocycles. The fourth-order valence-electron chi connectivity index (χ4n) is 4.86. The van der Waals surface area contributed by atoms with Crippen molar-refractivity contribution in [1.29, 1.82) is 0 Å². The van der Waals surface area contributed by atoms with Crippen molar-refractivity contribution in [3.05, 3.63) is 59.7 Å². The van der Waals surface area contributed by atoms with Crippen LogP contribution in [0.5, 0.6) is 0 Å². The number of carbonyl (C=O) groups is 3. The minimum Gasteiger partial charge on any atom is -0.480 e. The number of aliphatic carboxylic acids is 1. The number of alkyl carbamates (subject to hydrolysis) is 1. The SMILES string of the molecule is CO[C@H](C)[C@H](NC(=O)OCC1c2ccccc2-c2ccccc21)C(=O)N1CCOC(C)C1C(=O)O. The Morgan fingerprint density at radius 3 is 2.29 bits per heavy atom. The lowest BCUT2D eigenvalue weighted by atomic mass is 9.98. The molecule has 0 aromatic heterocycles. The summed E-state index contributed by atoms with van der Waals surface area (Å²) < 4.78 is 16.3. The van der Waals surface area contributed by atoms with E-state index in [-0.39, 0.29) is 25.7 Å². The maximum Gasteiger partial charge on any atom is 0.407 e. The number of hydrogen-bond donors (Lipinski definition) is 2. The number of ether oxygens (including phenoxy) is 3. The molecule has 2 N–H and O–H groups in total. The highest BCUT2D eigenvalue weighted by atomic mass is 16.5. The molecule has 1 heterocycles. The summed E-state index contributed by atoms with van der Waals surface area (Å²) in [5, 5.41) is 12.2. The summed E-state index contributed by atoms with van der Waals surface area (Å²) in [6.45, 7) is 3.63. The van der Waals surface area contributed by atoms with E-state index in [1.165, 1.54) is 12.0 Å². The first kappa shape index (κ1) is 24.7. The number of rotatable bonds is 7. The predicted octanol–water partition coefficient (Wildman–Crippen LogP) is 2.63. The van der Waals surface area contributed by atoms with Gasteiger partial charge < -0.3 is 29.5 Å². The summed E-state index contributed by atoms with van der Waals surface area (Å²) in [5.74, 6) is -1.86. The number of nitrogens with one attached hydrogen (secondary N) is 1. The number of methoxy groups -OCH3 is 1. The number of morpholine rings is 1. The van der Waals surface area contributed by atoms with Crippen LogP contribution in [-0.4, -0.2) is 79.1 Å². The molecule has 1 saturated heterocycles. The zero-order chi connectivity index (χ0) is 25.1. The van der Waals surface area contributed by atoms with Gasteiger partial charge in [0.15, 0.2) is 6.04 Å². The molecule has 2 aliphatic rings. The van der Waals surface area contributed by atoms with E-state index in [4.69, 9.17) is 14.2 Å². The molecule has 0 bridgehead atoms. The Morgan fingerprint density at radius 1 is 1.11 bits per heavy atom. The lowest BCUT2D eigenvalue weighted by molar-refractivity contribution is -0.167. The normalized spacial score (nSPS) is 20.9. The van der Waals surface area contributed by atoms with Crippen LogP contribution in [-0.2, 0) is 23.8 Å². The van der Waals surface area contributed by atoms with Crippen LogP contribution in [0.3, 0.4) is 0 Å². The Kier molecular flexibility index (Phi) is 7.37. The Bertz CT molecular complexity index is 1060. The zero-order valence-electron chi connectivity index (χ0n) is 20.0. The van der Waals surface area contributed by atoms with E-state index in [2.05, 4.69) is 5.32 Å². The van der Waals surface area contributed by atoms with Gasteiger partial charge in [0.1, 0.15) is 12.6 Å². The van der Waals surface area contributed by atoms with Crippen LogP contribution >= 0.6 is 0 Å². The van der Waals surface area contributed by atoms with E-state index < -0.39 is 42.3 Å². The summed E-state index contributed by atoms with van der Waals surface area (Å²) in [5.41, 5.74) is 4.37. The molecule has 186 valence electrons. The third kappa shape index (κ3) is 4.87. The highest BCUT2D eigenvalue weighted by Gasteiger charge is 2.42. The maximum absolute atomic E-state index is 13.3. The molecule has 1 aliphatic carbocycles. The number of amides is 2. The smallest absolute Gasteiger partial charge is 0.407 e. The molecular weight excluding hydrogens is 452 g/mol. The molecule has 2 aromatic carbocycles. The molecule has 9 nitrogen and oxygen atoms in total. The van der Waals surface area contributed by atoms with Crippen LogP contribution in [0, 0.1) is 0 Å². The number of nitrogens with zero attached hydrogens (tertiary/aromatic N) is 1. The van der Waals surface area contributed by atoms with Crippen molar-refractivity contribution >= 4 is 18.0 Å². The van der Waals surface area contributed by atoms with Gasteiger partial charge in [-0.15, -0.1) is 0 Å². The third-order valence-electron chi connectivity index (χ3n) is 6.75. The van der Waals surface area contributed by atoms with Crippen molar-refractivity contribution in [2.45, 2.75) is 44.1 Å². The summed E-state index contributed by atoms with van der Waals surface area (Å²) in [6, 6.07) is 13.7. The van der Waals surface area contributed by atoms with Crippen molar-refractivity contribution in [3.8, 4) is 11.1 Å². The number of carbonyl (C=O) groups excluding carboxylic acids is 2. The molecule has 35 heavy (non-hydrogen) atoms. The van der Waals surface area contributed by atoms with Crippen LogP contribution in [0.2, 0.25) is 0 Å². The van der Waals surface area contributed by atoms with Crippen LogP contribution in [0.15, 0.2) is 48.5 Å². The van der Waals surface area contributed by atoms with Crippen molar-refractivity contribution in [1.82, 2.24) is 10.2 Å². The molecule has 0 spiro atoms. The molecule has 1 aliphatic heterocycles. The largest absolute Gasteiger partial charge is 0.480 e. The third-order valence-corrected chi connectivity index (χ3v) is 6.75. The quantitative estimate of drug-likeness (QED) is 0.624. The minimum atomic E-state index is -1.17. The van der Waals surface area contributed by atoms with Crippen LogP contribution in [0.1, 0.15) is 30.9 Å². The van der Waals surface area contributed by atoms with Gasteiger partial charge >= 0.3 is 12.1 Å². The topological polar surface area (TPSA) is 114 Å². The van der Waals surface area contributed by atoms with E-state index in [1.807, 2.05) is 48.5 Å². The van der Waals surface area contributed by atoms with Gasteiger partial charge in [0.25, 0.3) is 0 Å². The molecule has 4 atom stereocenters. The van der Waals surface area contributed by atoms with E-state index in [0.29, 0.717) is 0 Å². The van der Waals surface area contributed by atoms with Gasteiger partial charge in [0.2, 0.25) is 5.91 Å². The van der Waals surface area contributed by atoms with Crippen molar-refractivity contribution in [2.75, 3.05) is 26.9 Å². The number of hydrogen-bond acceptors (Lipinski definition) is 6. The van der Waals surface area contributed by atoms with Gasteiger partial charge in [-0.25, -0.2) is 9.59 Å². The molecule has 2 unspecified atom stereocenters. The fraction of sp³-hybridized carbons (Fsp3) is 0.423. The standard InChI is InChI=1S/C26H30N2O7/c1-15(33-3)22(24(29)28-12-13-34-16(2)23(28)25(30)31)27-26(32)35-14-21-19-10-6-4-8-17(19)18-9-5-7-11-20(18)21/h4-11,15-16,21-23H,12-14H2,1-3H3,(H,27,32)(H,30,31)/t15-,16?,22+,23?/m1/s1. The van der Waals surface area contributed by atoms with Gasteiger partial charge in [0.05, 0.1) is 18.8 Å². The van der Waals surface area contributed by atoms with E-state index in [9.17, 15) is 19.5 Å². The Hall–Kier alpha value is -3.43. The Balaban J connectivity index is 1.47. The van der Waals surface area contributed by atoms with Gasteiger partial charge in [-0.05, 0) is 36.1 Å². The van der Waals surface area contributed by atoms with Gasteiger partial charge in [-0.1, -0.05) is 48.5 Å². The van der Waals surface area contributed by atoms with E-state index in [0.717, 1.165) is 22.3 Å².